The minimum atomic E-state index is -0.832. The maximum absolute atomic E-state index is 13.3. The summed E-state index contributed by atoms with van der Waals surface area (Å²) in [7, 11) is 1.64. The lowest BCUT2D eigenvalue weighted by Crippen LogP contribution is -2.45. The fourth-order valence-electron chi connectivity index (χ4n) is 3.93. The van der Waals surface area contributed by atoms with Crippen LogP contribution in [0.5, 0.6) is 11.5 Å². The molecule has 0 radical (unpaired) electrons. The first-order valence-corrected chi connectivity index (χ1v) is 10.1. The molecule has 2 aliphatic heterocycles. The molecule has 3 aromatic carbocycles. The van der Waals surface area contributed by atoms with Gasteiger partial charge in [-0.25, -0.2) is 5.01 Å². The van der Waals surface area contributed by atoms with Gasteiger partial charge in [0, 0.05) is 22.6 Å². The van der Waals surface area contributed by atoms with Crippen LogP contribution >= 0.6 is 11.6 Å². The third-order valence-electron chi connectivity index (χ3n) is 5.46. The van der Waals surface area contributed by atoms with Crippen molar-refractivity contribution in [1.82, 2.24) is 5.01 Å². The Morgan fingerprint density at radius 1 is 1.10 bits per heavy atom. The number of ether oxygens (including phenoxy) is 2. The van der Waals surface area contributed by atoms with Crippen LogP contribution in [0, 0.1) is 0 Å². The second-order valence-electron chi connectivity index (χ2n) is 7.26. The molecule has 0 aromatic heterocycles. The number of carbonyl (C=O) groups is 1. The van der Waals surface area contributed by atoms with Crippen LogP contribution in [0.15, 0.2) is 77.9 Å². The normalized spacial score (nSPS) is 19.4. The van der Waals surface area contributed by atoms with E-state index in [0.29, 0.717) is 22.8 Å². The average Bonchev–Trinajstić information content (AvgIpc) is 3.24. The van der Waals surface area contributed by atoms with E-state index in [1.807, 2.05) is 54.6 Å². The summed E-state index contributed by atoms with van der Waals surface area (Å²) in [5.74, 6) is 1.33. The van der Waals surface area contributed by atoms with Crippen LogP contribution in [0.1, 0.15) is 33.9 Å². The Bertz CT molecular complexity index is 1130. The third kappa shape index (κ3) is 3.21. The van der Waals surface area contributed by atoms with Gasteiger partial charge in [-0.3, -0.25) is 4.79 Å². The largest absolute Gasteiger partial charge is 0.497 e. The van der Waals surface area contributed by atoms with Crippen molar-refractivity contribution >= 4 is 23.1 Å². The van der Waals surface area contributed by atoms with Crippen LogP contribution in [0.4, 0.5) is 0 Å². The first-order valence-electron chi connectivity index (χ1n) is 9.69. The van der Waals surface area contributed by atoms with Crippen molar-refractivity contribution in [3.8, 4) is 11.5 Å². The van der Waals surface area contributed by atoms with Crippen molar-refractivity contribution in [2.24, 2.45) is 5.10 Å². The summed E-state index contributed by atoms with van der Waals surface area (Å²) in [6, 6.07) is 22.3. The van der Waals surface area contributed by atoms with Gasteiger partial charge in [-0.05, 0) is 48.0 Å². The predicted octanol–water partition coefficient (Wildman–Crippen LogP) is 5.10. The molecule has 0 spiro atoms. The molecule has 0 saturated heterocycles. The van der Waals surface area contributed by atoms with E-state index < -0.39 is 6.23 Å². The molecule has 0 amide bonds. The number of carbonyl (C=O) groups excluding carboxylic acids is 1. The zero-order valence-corrected chi connectivity index (χ0v) is 17.0. The van der Waals surface area contributed by atoms with Crippen molar-refractivity contribution in [2.45, 2.75) is 18.7 Å². The number of halogens is 1. The number of hydrogen-bond acceptors (Lipinski definition) is 5. The molecule has 2 atom stereocenters. The number of ketones is 1. The smallest absolute Gasteiger partial charge is 0.251 e. The van der Waals surface area contributed by atoms with E-state index >= 15 is 0 Å². The monoisotopic (exact) mass is 418 g/mol. The summed E-state index contributed by atoms with van der Waals surface area (Å²) in [5.41, 5.74) is 3.41. The van der Waals surface area contributed by atoms with Gasteiger partial charge in [0.15, 0.2) is 0 Å². The van der Waals surface area contributed by atoms with E-state index in [0.717, 1.165) is 22.6 Å². The van der Waals surface area contributed by atoms with Gasteiger partial charge in [0.25, 0.3) is 6.23 Å². The van der Waals surface area contributed by atoms with Gasteiger partial charge >= 0.3 is 0 Å². The van der Waals surface area contributed by atoms with Crippen molar-refractivity contribution in [1.29, 1.82) is 0 Å². The van der Waals surface area contributed by atoms with E-state index in [1.165, 1.54) is 0 Å². The molecule has 0 fully saturated rings. The minimum Gasteiger partial charge on any atom is -0.497 e. The standard InChI is InChI=1S/C24H19ClN2O3/c1-29-18-10-7-15(8-11-18)20-14-21-19-13-17(25)9-12-22(19)30-24(27(21)26-20)23(28)16-5-3-2-4-6-16/h2-13,21,24H,14H2,1H3/t21-,24-/m1/s1. The van der Waals surface area contributed by atoms with E-state index in [-0.39, 0.29) is 11.8 Å². The molecule has 30 heavy (non-hydrogen) atoms. The molecule has 0 aliphatic carbocycles. The maximum atomic E-state index is 13.3. The van der Waals surface area contributed by atoms with E-state index in [4.69, 9.17) is 26.2 Å². The molecule has 0 saturated carbocycles. The molecule has 150 valence electrons. The number of benzene rings is 3. The lowest BCUT2D eigenvalue weighted by molar-refractivity contribution is -0.00455. The van der Waals surface area contributed by atoms with Crippen molar-refractivity contribution in [2.75, 3.05) is 7.11 Å². The predicted molar refractivity (Wildman–Crippen MR) is 115 cm³/mol. The topological polar surface area (TPSA) is 51.1 Å². The summed E-state index contributed by atoms with van der Waals surface area (Å²) in [5, 5.41) is 7.21. The van der Waals surface area contributed by atoms with Crippen LogP contribution < -0.4 is 9.47 Å². The number of hydrogen-bond donors (Lipinski definition) is 0. The SMILES string of the molecule is COc1ccc(C2=NN3[C@@H](C(=O)c4ccccc4)Oc4ccc(Cl)cc4[C@H]3C2)cc1. The molecule has 0 bridgehead atoms. The molecule has 0 N–H and O–H groups in total. The molecule has 2 heterocycles. The van der Waals surface area contributed by atoms with Crippen LogP contribution in [-0.2, 0) is 0 Å². The Balaban J connectivity index is 1.56. The lowest BCUT2D eigenvalue weighted by atomic mass is 9.95. The lowest BCUT2D eigenvalue weighted by Gasteiger charge is -2.37. The summed E-state index contributed by atoms with van der Waals surface area (Å²) >= 11 is 6.26. The zero-order chi connectivity index (χ0) is 20.7. The summed E-state index contributed by atoms with van der Waals surface area (Å²) in [6.07, 6.45) is -0.177. The molecule has 5 rings (SSSR count). The highest BCUT2D eigenvalue weighted by molar-refractivity contribution is 6.30. The van der Waals surface area contributed by atoms with Crippen molar-refractivity contribution in [3.63, 3.8) is 0 Å². The molecule has 2 aliphatic rings. The van der Waals surface area contributed by atoms with Crippen LogP contribution in [-0.4, -0.2) is 29.8 Å². The van der Waals surface area contributed by atoms with Crippen LogP contribution in [0.2, 0.25) is 5.02 Å². The quantitative estimate of drug-likeness (QED) is 0.553. The molecule has 5 nitrogen and oxygen atoms in total. The number of nitrogens with zero attached hydrogens (tertiary/aromatic N) is 2. The fraction of sp³-hybridized carbons (Fsp3) is 0.167. The molecule has 6 heteroatoms. The number of Topliss-reactive ketones (excluding diaryl/α,β-unsaturated/α-hetero) is 1. The van der Waals surface area contributed by atoms with E-state index in [9.17, 15) is 4.79 Å². The van der Waals surface area contributed by atoms with Gasteiger partial charge in [0.2, 0.25) is 5.78 Å². The first-order chi connectivity index (χ1) is 14.6. The van der Waals surface area contributed by atoms with Crippen molar-refractivity contribution < 1.29 is 14.3 Å². The number of methoxy groups -OCH3 is 1. The fourth-order valence-corrected chi connectivity index (χ4v) is 4.11. The second kappa shape index (κ2) is 7.50. The zero-order valence-electron chi connectivity index (χ0n) is 16.3. The molecular formula is C24H19ClN2O3. The minimum absolute atomic E-state index is 0.123. The molecule has 3 aromatic rings. The maximum Gasteiger partial charge on any atom is 0.251 e. The Hall–Kier alpha value is -3.31. The molecule has 0 unspecified atom stereocenters. The highest BCUT2D eigenvalue weighted by atomic mass is 35.5. The van der Waals surface area contributed by atoms with Gasteiger partial charge < -0.3 is 9.47 Å². The number of hydrazone groups is 1. The Morgan fingerprint density at radius 3 is 2.60 bits per heavy atom. The van der Waals surface area contributed by atoms with Gasteiger partial charge in [-0.15, -0.1) is 0 Å². The van der Waals surface area contributed by atoms with Gasteiger partial charge in [0.1, 0.15) is 11.5 Å². The first kappa shape index (κ1) is 18.7. The van der Waals surface area contributed by atoms with Gasteiger partial charge in [0.05, 0.1) is 18.9 Å². The molecular weight excluding hydrogens is 400 g/mol. The highest BCUT2D eigenvalue weighted by Crippen LogP contribution is 2.44. The average molecular weight is 419 g/mol. The van der Waals surface area contributed by atoms with Crippen molar-refractivity contribution in [3.05, 3.63) is 94.5 Å². The van der Waals surface area contributed by atoms with Crippen LogP contribution in [0.25, 0.3) is 0 Å². The Kier molecular flexibility index (Phi) is 4.68. The van der Waals surface area contributed by atoms with Gasteiger partial charge in [-0.2, -0.15) is 5.10 Å². The number of fused-ring (bicyclic) bond motifs is 3. The Labute approximate surface area is 179 Å². The third-order valence-corrected chi connectivity index (χ3v) is 5.69. The highest BCUT2D eigenvalue weighted by Gasteiger charge is 2.43. The summed E-state index contributed by atoms with van der Waals surface area (Å²) in [6.45, 7) is 0. The summed E-state index contributed by atoms with van der Waals surface area (Å²) < 4.78 is 11.4. The van der Waals surface area contributed by atoms with E-state index in [1.54, 1.807) is 30.3 Å². The Morgan fingerprint density at radius 2 is 1.87 bits per heavy atom. The second-order valence-corrected chi connectivity index (χ2v) is 7.69. The number of rotatable bonds is 4. The van der Waals surface area contributed by atoms with Gasteiger partial charge in [-0.1, -0.05) is 41.9 Å². The van der Waals surface area contributed by atoms with E-state index in [2.05, 4.69) is 0 Å². The summed E-state index contributed by atoms with van der Waals surface area (Å²) in [4.78, 5) is 13.3. The van der Waals surface area contributed by atoms with Crippen LogP contribution in [0.3, 0.4) is 0 Å².